The zero-order chi connectivity index (χ0) is 17.3. The van der Waals surface area contributed by atoms with Gasteiger partial charge < -0.3 is 0 Å². The minimum absolute atomic E-state index is 0.980. The molecule has 1 nitrogen and oxygen atoms in total. The maximum Gasteiger partial charge on any atom is 0.0757 e. The molecule has 1 aliphatic carbocycles. The lowest BCUT2D eigenvalue weighted by atomic mass is 9.95. The van der Waals surface area contributed by atoms with E-state index in [1.807, 2.05) is 0 Å². The minimum Gasteiger partial charge on any atom is -0.247 e. The van der Waals surface area contributed by atoms with Crippen LogP contribution in [-0.4, -0.2) is 4.98 Å². The maximum absolute atomic E-state index is 5.11. The fraction of sp³-hybridized carbons (Fsp3) is 0.0800. The zero-order valence-corrected chi connectivity index (χ0v) is 14.6. The molecule has 0 saturated carbocycles. The number of benzene rings is 4. The van der Waals surface area contributed by atoms with Gasteiger partial charge in [-0.25, -0.2) is 4.98 Å². The second-order valence-electron chi connectivity index (χ2n) is 7.24. The minimum atomic E-state index is 0.980. The Labute approximate surface area is 151 Å². The molecule has 0 unspecified atom stereocenters. The number of pyridine rings is 1. The van der Waals surface area contributed by atoms with Crippen LogP contribution in [0.2, 0.25) is 0 Å². The van der Waals surface area contributed by atoms with Gasteiger partial charge in [-0.2, -0.15) is 0 Å². The van der Waals surface area contributed by atoms with E-state index in [1.165, 1.54) is 54.9 Å². The van der Waals surface area contributed by atoms with E-state index in [1.54, 1.807) is 0 Å². The van der Waals surface area contributed by atoms with E-state index in [0.717, 1.165) is 11.9 Å². The van der Waals surface area contributed by atoms with Crippen LogP contribution in [0.25, 0.3) is 43.7 Å². The Morgan fingerprint density at radius 3 is 2.38 bits per heavy atom. The highest BCUT2D eigenvalue weighted by atomic mass is 14.7. The third-order valence-electron chi connectivity index (χ3n) is 5.88. The van der Waals surface area contributed by atoms with Gasteiger partial charge in [0.05, 0.1) is 11.2 Å². The van der Waals surface area contributed by atoms with E-state index in [4.69, 9.17) is 4.98 Å². The first-order valence-electron chi connectivity index (χ1n) is 9.13. The summed E-state index contributed by atoms with van der Waals surface area (Å²) >= 11 is 0. The first-order chi connectivity index (χ1) is 12.8. The van der Waals surface area contributed by atoms with Gasteiger partial charge in [-0.05, 0) is 51.2 Å². The van der Waals surface area contributed by atoms with Gasteiger partial charge in [-0.1, -0.05) is 66.7 Å². The van der Waals surface area contributed by atoms with E-state index in [9.17, 15) is 0 Å². The summed E-state index contributed by atoms with van der Waals surface area (Å²) in [4.78, 5) is 5.11. The summed E-state index contributed by atoms with van der Waals surface area (Å²) in [5, 5.41) is 6.53. The molecular formula is C25H17N. The van der Waals surface area contributed by atoms with Crippen LogP contribution in [0, 0.1) is 6.92 Å². The van der Waals surface area contributed by atoms with Crippen molar-refractivity contribution in [2.24, 2.45) is 0 Å². The van der Waals surface area contributed by atoms with Crippen LogP contribution >= 0.6 is 0 Å². The Hall–Kier alpha value is -3.19. The molecule has 122 valence electrons. The Kier molecular flexibility index (Phi) is 2.66. The molecule has 0 amide bonds. The smallest absolute Gasteiger partial charge is 0.0757 e. The Morgan fingerprint density at radius 1 is 0.731 bits per heavy atom. The molecule has 0 aliphatic heterocycles. The summed E-state index contributed by atoms with van der Waals surface area (Å²) in [6.45, 7) is 2.25. The highest BCUT2D eigenvalue weighted by Crippen LogP contribution is 2.45. The number of hydrogen-bond donors (Lipinski definition) is 0. The number of aromatic nitrogens is 1. The van der Waals surface area contributed by atoms with Gasteiger partial charge in [-0.3, -0.25) is 0 Å². The molecule has 4 aromatic carbocycles. The summed E-state index contributed by atoms with van der Waals surface area (Å²) in [5.41, 5.74) is 7.76. The molecule has 0 radical (unpaired) electrons. The van der Waals surface area contributed by atoms with Crippen LogP contribution in [0.5, 0.6) is 0 Å². The molecule has 6 rings (SSSR count). The summed E-state index contributed by atoms with van der Waals surface area (Å²) in [6.07, 6.45) is 0.980. The zero-order valence-electron chi connectivity index (χ0n) is 14.6. The number of para-hydroxylation sites is 1. The molecule has 0 fully saturated rings. The van der Waals surface area contributed by atoms with Crippen molar-refractivity contribution in [2.45, 2.75) is 13.3 Å². The number of aryl methyl sites for hydroxylation is 1. The van der Waals surface area contributed by atoms with Gasteiger partial charge in [0.15, 0.2) is 0 Å². The molecule has 0 bridgehead atoms. The number of fused-ring (bicyclic) bond motifs is 8. The van der Waals surface area contributed by atoms with Crippen molar-refractivity contribution >= 4 is 32.4 Å². The second kappa shape index (κ2) is 4.92. The molecule has 26 heavy (non-hydrogen) atoms. The standard InChI is InChI=1S/C25H17N/c1-15-19-7-4-5-9-22(19)26-25-21(15)14-18-13-12-17-11-10-16-6-2-3-8-20(16)23(17)24(18)25/h2-13H,14H2,1H3. The SMILES string of the molecule is Cc1c2c(nc3ccccc13)-c1c(ccc3ccc4ccccc4c13)C2. The lowest BCUT2D eigenvalue weighted by molar-refractivity contribution is 1.21. The molecule has 1 heterocycles. The van der Waals surface area contributed by atoms with E-state index < -0.39 is 0 Å². The van der Waals surface area contributed by atoms with E-state index in [2.05, 4.69) is 79.7 Å². The fourth-order valence-corrected chi connectivity index (χ4v) is 4.59. The summed E-state index contributed by atoms with van der Waals surface area (Å²) in [5.74, 6) is 0. The van der Waals surface area contributed by atoms with Gasteiger partial charge in [0.25, 0.3) is 0 Å². The lowest BCUT2D eigenvalue weighted by Gasteiger charge is -2.11. The van der Waals surface area contributed by atoms with Crippen molar-refractivity contribution < 1.29 is 0 Å². The molecule has 0 atom stereocenters. The lowest BCUT2D eigenvalue weighted by Crippen LogP contribution is -1.92. The van der Waals surface area contributed by atoms with E-state index in [-0.39, 0.29) is 0 Å². The topological polar surface area (TPSA) is 12.9 Å². The van der Waals surface area contributed by atoms with Crippen molar-refractivity contribution in [1.82, 2.24) is 4.98 Å². The van der Waals surface area contributed by atoms with Crippen LogP contribution < -0.4 is 0 Å². The first kappa shape index (κ1) is 14.0. The normalized spacial score (nSPS) is 12.7. The van der Waals surface area contributed by atoms with Crippen LogP contribution in [-0.2, 0) is 6.42 Å². The van der Waals surface area contributed by atoms with Crippen LogP contribution in [0.3, 0.4) is 0 Å². The second-order valence-corrected chi connectivity index (χ2v) is 7.24. The average Bonchev–Trinajstić information content (AvgIpc) is 3.07. The molecule has 0 spiro atoms. The monoisotopic (exact) mass is 331 g/mol. The third kappa shape index (κ3) is 1.72. The van der Waals surface area contributed by atoms with Crippen LogP contribution in [0.4, 0.5) is 0 Å². The quantitative estimate of drug-likeness (QED) is 0.293. The first-order valence-corrected chi connectivity index (χ1v) is 9.13. The fourth-order valence-electron chi connectivity index (χ4n) is 4.59. The Balaban J connectivity index is 1.83. The Bertz CT molecular complexity index is 1360. The average molecular weight is 331 g/mol. The summed E-state index contributed by atoms with van der Waals surface area (Å²) < 4.78 is 0. The maximum atomic E-state index is 5.11. The summed E-state index contributed by atoms with van der Waals surface area (Å²) in [6, 6.07) is 26.2. The van der Waals surface area contributed by atoms with Crippen molar-refractivity contribution in [3.05, 3.63) is 89.5 Å². The highest BCUT2D eigenvalue weighted by Gasteiger charge is 2.25. The van der Waals surface area contributed by atoms with Crippen molar-refractivity contribution in [3.8, 4) is 11.3 Å². The third-order valence-corrected chi connectivity index (χ3v) is 5.88. The molecule has 1 aliphatic rings. The van der Waals surface area contributed by atoms with Crippen LogP contribution in [0.15, 0.2) is 72.8 Å². The van der Waals surface area contributed by atoms with Gasteiger partial charge in [-0.15, -0.1) is 0 Å². The van der Waals surface area contributed by atoms with Gasteiger partial charge in [0.2, 0.25) is 0 Å². The van der Waals surface area contributed by atoms with Crippen molar-refractivity contribution in [2.75, 3.05) is 0 Å². The number of hydrogen-bond acceptors (Lipinski definition) is 1. The summed E-state index contributed by atoms with van der Waals surface area (Å²) in [7, 11) is 0. The predicted molar refractivity (Wildman–Crippen MR) is 110 cm³/mol. The molecule has 5 aromatic rings. The van der Waals surface area contributed by atoms with Gasteiger partial charge >= 0.3 is 0 Å². The molecule has 1 aromatic heterocycles. The van der Waals surface area contributed by atoms with E-state index in [0.29, 0.717) is 0 Å². The number of nitrogens with zero attached hydrogens (tertiary/aromatic N) is 1. The van der Waals surface area contributed by atoms with Gasteiger partial charge in [0.1, 0.15) is 0 Å². The molecular weight excluding hydrogens is 314 g/mol. The van der Waals surface area contributed by atoms with Crippen molar-refractivity contribution in [3.63, 3.8) is 0 Å². The van der Waals surface area contributed by atoms with Crippen LogP contribution in [0.1, 0.15) is 16.7 Å². The van der Waals surface area contributed by atoms with Crippen molar-refractivity contribution in [1.29, 1.82) is 0 Å². The molecule has 0 N–H and O–H groups in total. The molecule has 0 saturated heterocycles. The molecule has 1 heteroatoms. The number of rotatable bonds is 0. The van der Waals surface area contributed by atoms with Gasteiger partial charge in [0, 0.05) is 17.4 Å². The predicted octanol–water partition coefficient (Wildman–Crippen LogP) is 6.42. The largest absolute Gasteiger partial charge is 0.247 e. The Morgan fingerprint density at radius 2 is 1.46 bits per heavy atom. The highest BCUT2D eigenvalue weighted by molar-refractivity contribution is 6.16. The van der Waals surface area contributed by atoms with E-state index >= 15 is 0 Å².